The van der Waals surface area contributed by atoms with E-state index in [0.717, 1.165) is 22.7 Å². The number of benzene rings is 2. The third-order valence-electron chi connectivity index (χ3n) is 4.51. The fourth-order valence-corrected chi connectivity index (χ4v) is 3.36. The normalized spacial score (nSPS) is 22.6. The van der Waals surface area contributed by atoms with Crippen molar-refractivity contribution in [1.29, 1.82) is 0 Å². The lowest BCUT2D eigenvalue weighted by atomic mass is 9.92. The van der Waals surface area contributed by atoms with Gasteiger partial charge in [0, 0.05) is 11.4 Å². The van der Waals surface area contributed by atoms with Crippen LogP contribution in [0.4, 0.5) is 5.69 Å². The molecule has 0 fully saturated rings. The van der Waals surface area contributed by atoms with E-state index in [1.54, 1.807) is 0 Å². The molecule has 0 radical (unpaired) electrons. The van der Waals surface area contributed by atoms with Crippen molar-refractivity contribution in [2.75, 3.05) is 5.01 Å². The first-order valence-electron chi connectivity index (χ1n) is 8.15. The lowest BCUT2D eigenvalue weighted by Crippen LogP contribution is -2.32. The van der Waals surface area contributed by atoms with E-state index in [1.807, 2.05) is 61.5 Å². The number of hydrogen-bond donors (Lipinski definition) is 1. The van der Waals surface area contributed by atoms with E-state index in [-0.39, 0.29) is 11.9 Å². The summed E-state index contributed by atoms with van der Waals surface area (Å²) in [5, 5.41) is 11.1. The van der Waals surface area contributed by atoms with Gasteiger partial charge in [0.15, 0.2) is 0 Å². The second-order valence-corrected chi connectivity index (χ2v) is 6.64. The summed E-state index contributed by atoms with van der Waals surface area (Å²) in [6.45, 7) is 1.88. The number of anilines is 1. The number of carbonyl (C=O) groups is 1. The maximum absolute atomic E-state index is 12.9. The molecule has 126 valence electrons. The van der Waals surface area contributed by atoms with E-state index in [1.165, 1.54) is 5.01 Å². The topological polar surface area (TPSA) is 57.1 Å². The Hall–Kier alpha value is -2.66. The number of para-hydroxylation sites is 1. The van der Waals surface area contributed by atoms with E-state index in [4.69, 9.17) is 11.6 Å². The first-order chi connectivity index (χ1) is 12.1. The Morgan fingerprint density at radius 1 is 1.12 bits per heavy atom. The van der Waals surface area contributed by atoms with E-state index in [9.17, 15) is 4.79 Å². The van der Waals surface area contributed by atoms with Gasteiger partial charge in [-0.15, -0.1) is 0 Å². The summed E-state index contributed by atoms with van der Waals surface area (Å²) in [7, 11) is 0. The van der Waals surface area contributed by atoms with Gasteiger partial charge in [-0.05, 0) is 36.8 Å². The SMILES string of the molecule is CC1=NN(c2ccccc2)C(=O)C1C1=NNC(c2ccc(Cl)cc2)C1. The van der Waals surface area contributed by atoms with Gasteiger partial charge in [-0.3, -0.25) is 4.79 Å². The molecule has 25 heavy (non-hydrogen) atoms. The molecule has 0 aromatic heterocycles. The quantitative estimate of drug-likeness (QED) is 0.914. The van der Waals surface area contributed by atoms with Crippen LogP contribution in [0.1, 0.15) is 24.9 Å². The van der Waals surface area contributed by atoms with Crippen molar-refractivity contribution in [3.8, 4) is 0 Å². The maximum Gasteiger partial charge on any atom is 0.262 e. The predicted molar refractivity (Wildman–Crippen MR) is 99.9 cm³/mol. The second-order valence-electron chi connectivity index (χ2n) is 6.20. The van der Waals surface area contributed by atoms with Crippen molar-refractivity contribution in [2.24, 2.45) is 16.1 Å². The number of halogens is 1. The highest BCUT2D eigenvalue weighted by atomic mass is 35.5. The summed E-state index contributed by atoms with van der Waals surface area (Å²) < 4.78 is 0. The average Bonchev–Trinajstić information content (AvgIpc) is 3.21. The number of nitrogens with one attached hydrogen (secondary N) is 1. The number of nitrogens with zero attached hydrogens (tertiary/aromatic N) is 3. The van der Waals surface area contributed by atoms with E-state index >= 15 is 0 Å². The molecule has 2 aliphatic rings. The van der Waals surface area contributed by atoms with Gasteiger partial charge in [-0.25, -0.2) is 0 Å². The second kappa shape index (κ2) is 6.33. The first-order valence-corrected chi connectivity index (χ1v) is 8.53. The van der Waals surface area contributed by atoms with Crippen LogP contribution >= 0.6 is 11.6 Å². The van der Waals surface area contributed by atoms with Gasteiger partial charge in [-0.2, -0.15) is 15.2 Å². The zero-order valence-corrected chi connectivity index (χ0v) is 14.4. The van der Waals surface area contributed by atoms with Crippen LogP contribution in [0.15, 0.2) is 64.8 Å². The predicted octanol–water partition coefficient (Wildman–Crippen LogP) is 3.77. The molecule has 0 saturated heterocycles. The summed E-state index contributed by atoms with van der Waals surface area (Å²) in [5.41, 5.74) is 6.60. The molecule has 6 heteroatoms. The van der Waals surface area contributed by atoms with Crippen LogP contribution in [0.2, 0.25) is 5.02 Å². The third-order valence-corrected chi connectivity index (χ3v) is 4.77. The molecule has 5 nitrogen and oxygen atoms in total. The van der Waals surface area contributed by atoms with Crippen LogP contribution in [0, 0.1) is 5.92 Å². The number of amides is 1. The summed E-state index contributed by atoms with van der Waals surface area (Å²) in [6, 6.07) is 17.2. The number of carbonyl (C=O) groups excluding carboxylic acids is 1. The highest BCUT2D eigenvalue weighted by molar-refractivity contribution is 6.30. The van der Waals surface area contributed by atoms with Crippen LogP contribution in [0.25, 0.3) is 0 Å². The number of rotatable bonds is 3. The van der Waals surface area contributed by atoms with Gasteiger partial charge in [0.25, 0.3) is 5.91 Å². The Morgan fingerprint density at radius 2 is 1.84 bits per heavy atom. The van der Waals surface area contributed by atoms with Crippen molar-refractivity contribution < 1.29 is 4.79 Å². The zero-order valence-electron chi connectivity index (χ0n) is 13.7. The van der Waals surface area contributed by atoms with Crippen LogP contribution in [0.3, 0.4) is 0 Å². The standard InChI is InChI=1S/C19H17ClN4O/c1-12-18(19(25)24(23-12)15-5-3-2-4-6-15)17-11-16(21-22-17)13-7-9-14(20)10-8-13/h2-10,16,18,21H,11H2,1H3. The van der Waals surface area contributed by atoms with Crippen molar-refractivity contribution in [3.63, 3.8) is 0 Å². The molecule has 2 aromatic carbocycles. The van der Waals surface area contributed by atoms with Crippen LogP contribution in [-0.2, 0) is 4.79 Å². The minimum atomic E-state index is -0.398. The van der Waals surface area contributed by atoms with Crippen molar-refractivity contribution in [1.82, 2.24) is 5.43 Å². The highest BCUT2D eigenvalue weighted by Gasteiger charge is 2.40. The van der Waals surface area contributed by atoms with Crippen LogP contribution in [0.5, 0.6) is 0 Å². The van der Waals surface area contributed by atoms with Gasteiger partial charge in [0.1, 0.15) is 5.92 Å². The van der Waals surface area contributed by atoms with Gasteiger partial charge < -0.3 is 5.43 Å². The van der Waals surface area contributed by atoms with E-state index < -0.39 is 5.92 Å². The Labute approximate surface area is 151 Å². The maximum atomic E-state index is 12.9. The monoisotopic (exact) mass is 352 g/mol. The van der Waals surface area contributed by atoms with Crippen LogP contribution in [-0.4, -0.2) is 17.3 Å². The van der Waals surface area contributed by atoms with E-state index in [0.29, 0.717) is 11.4 Å². The average molecular weight is 353 g/mol. The summed E-state index contributed by atoms with van der Waals surface area (Å²) >= 11 is 5.95. The molecule has 2 unspecified atom stereocenters. The highest BCUT2D eigenvalue weighted by Crippen LogP contribution is 2.30. The Kier molecular flexibility index (Phi) is 4.01. The van der Waals surface area contributed by atoms with Crippen molar-refractivity contribution >= 4 is 34.6 Å². The third kappa shape index (κ3) is 2.91. The fourth-order valence-electron chi connectivity index (χ4n) is 3.23. The van der Waals surface area contributed by atoms with Crippen molar-refractivity contribution in [2.45, 2.75) is 19.4 Å². The molecule has 0 bridgehead atoms. The number of hydrazone groups is 2. The molecular weight excluding hydrogens is 336 g/mol. The first kappa shape index (κ1) is 15.8. The fraction of sp³-hybridized carbons (Fsp3) is 0.211. The molecule has 0 spiro atoms. The Morgan fingerprint density at radius 3 is 2.56 bits per heavy atom. The molecular formula is C19H17ClN4O. The number of hydrogen-bond acceptors (Lipinski definition) is 4. The molecule has 2 aliphatic heterocycles. The molecule has 2 heterocycles. The van der Waals surface area contributed by atoms with Gasteiger partial charge in [-0.1, -0.05) is 41.9 Å². The largest absolute Gasteiger partial charge is 0.302 e. The smallest absolute Gasteiger partial charge is 0.262 e. The van der Waals surface area contributed by atoms with Crippen LogP contribution < -0.4 is 10.4 Å². The molecule has 1 amide bonds. The van der Waals surface area contributed by atoms with Gasteiger partial charge in [0.2, 0.25) is 0 Å². The summed E-state index contributed by atoms with van der Waals surface area (Å²) in [5.74, 6) is -0.453. The zero-order chi connectivity index (χ0) is 17.4. The van der Waals surface area contributed by atoms with E-state index in [2.05, 4.69) is 15.6 Å². The Bertz CT molecular complexity index is 861. The molecule has 2 atom stereocenters. The minimum absolute atomic E-state index is 0.0543. The Balaban J connectivity index is 1.52. The lowest BCUT2D eigenvalue weighted by Gasteiger charge is -2.14. The molecule has 1 N–H and O–H groups in total. The summed E-state index contributed by atoms with van der Waals surface area (Å²) in [6.07, 6.45) is 0.674. The van der Waals surface area contributed by atoms with Gasteiger partial charge >= 0.3 is 0 Å². The molecule has 2 aromatic rings. The van der Waals surface area contributed by atoms with Crippen molar-refractivity contribution in [3.05, 3.63) is 65.2 Å². The molecule has 0 saturated carbocycles. The van der Waals surface area contributed by atoms with Gasteiger partial charge in [0.05, 0.1) is 23.2 Å². The lowest BCUT2D eigenvalue weighted by molar-refractivity contribution is -0.118. The molecule has 0 aliphatic carbocycles. The molecule has 4 rings (SSSR count). The summed E-state index contributed by atoms with van der Waals surface area (Å²) in [4.78, 5) is 12.9. The minimum Gasteiger partial charge on any atom is -0.302 e.